The largest absolute Gasteiger partial charge is 0.458 e. The van der Waals surface area contributed by atoms with Crippen LogP contribution in [0.1, 0.15) is 26.7 Å². The van der Waals surface area contributed by atoms with E-state index in [9.17, 15) is 13.9 Å². The Morgan fingerprint density at radius 3 is 2.71 bits per heavy atom. The molecule has 0 saturated carbocycles. The molecule has 6 heteroatoms. The van der Waals surface area contributed by atoms with Crippen LogP contribution in [0.5, 0.6) is 0 Å². The van der Waals surface area contributed by atoms with Crippen LogP contribution >= 0.6 is 10.9 Å². The SMILES string of the molecule is CCCC(=O)OC1CS(O)(O)OC1C. The van der Waals surface area contributed by atoms with E-state index in [0.29, 0.717) is 6.42 Å². The fourth-order valence-electron chi connectivity index (χ4n) is 1.26. The summed E-state index contributed by atoms with van der Waals surface area (Å²) in [7, 11) is -2.98. The molecule has 1 rings (SSSR count). The van der Waals surface area contributed by atoms with Gasteiger partial charge in [-0.2, -0.15) is 0 Å². The van der Waals surface area contributed by atoms with Crippen LogP contribution < -0.4 is 0 Å². The lowest BCUT2D eigenvalue weighted by molar-refractivity contribution is -0.150. The van der Waals surface area contributed by atoms with Gasteiger partial charge in [-0.15, -0.1) is 0 Å². The van der Waals surface area contributed by atoms with Gasteiger partial charge in [0.05, 0.1) is 16.6 Å². The smallest absolute Gasteiger partial charge is 0.306 e. The van der Waals surface area contributed by atoms with E-state index in [1.807, 2.05) is 6.92 Å². The number of carbonyl (C=O) groups excluding carboxylic acids is 1. The highest BCUT2D eigenvalue weighted by molar-refractivity contribution is 8.20. The number of carbonyl (C=O) groups is 1. The van der Waals surface area contributed by atoms with Crippen molar-refractivity contribution in [3.8, 4) is 0 Å². The van der Waals surface area contributed by atoms with Crippen molar-refractivity contribution < 1.29 is 22.8 Å². The maximum Gasteiger partial charge on any atom is 0.306 e. The van der Waals surface area contributed by atoms with Crippen molar-refractivity contribution in [1.82, 2.24) is 0 Å². The fraction of sp³-hybridized carbons (Fsp3) is 0.875. The first kappa shape index (κ1) is 11.8. The van der Waals surface area contributed by atoms with Crippen LogP contribution in [0.4, 0.5) is 0 Å². The van der Waals surface area contributed by atoms with Crippen molar-refractivity contribution in [2.24, 2.45) is 0 Å². The normalized spacial score (nSPS) is 32.6. The van der Waals surface area contributed by atoms with Gasteiger partial charge in [-0.3, -0.25) is 8.98 Å². The fourth-order valence-corrected chi connectivity index (χ4v) is 2.71. The molecule has 1 heterocycles. The summed E-state index contributed by atoms with van der Waals surface area (Å²) >= 11 is 0. The number of hydrogen-bond donors (Lipinski definition) is 2. The van der Waals surface area contributed by atoms with Crippen LogP contribution in [0.25, 0.3) is 0 Å². The van der Waals surface area contributed by atoms with E-state index in [1.165, 1.54) is 0 Å². The molecular formula is C8H16O5S. The zero-order valence-corrected chi connectivity index (χ0v) is 9.12. The summed E-state index contributed by atoms with van der Waals surface area (Å²) in [4.78, 5) is 11.1. The van der Waals surface area contributed by atoms with E-state index in [0.717, 1.165) is 6.42 Å². The van der Waals surface area contributed by atoms with Gasteiger partial charge in [0.15, 0.2) is 0 Å². The number of esters is 1. The second-order valence-electron chi connectivity index (χ2n) is 3.35. The zero-order valence-electron chi connectivity index (χ0n) is 8.30. The Balaban J connectivity index is 2.42. The summed E-state index contributed by atoms with van der Waals surface area (Å²) in [6, 6.07) is 0. The minimum Gasteiger partial charge on any atom is -0.458 e. The Morgan fingerprint density at radius 2 is 2.29 bits per heavy atom. The quantitative estimate of drug-likeness (QED) is 0.715. The third-order valence-corrected chi connectivity index (χ3v) is 3.32. The molecule has 2 atom stereocenters. The van der Waals surface area contributed by atoms with E-state index in [2.05, 4.69) is 0 Å². The molecule has 0 aromatic heterocycles. The lowest BCUT2D eigenvalue weighted by atomic mass is 10.2. The summed E-state index contributed by atoms with van der Waals surface area (Å²) in [6.07, 6.45) is 0.0965. The third kappa shape index (κ3) is 3.13. The molecule has 0 aromatic rings. The molecule has 2 unspecified atom stereocenters. The third-order valence-electron chi connectivity index (χ3n) is 1.95. The molecule has 2 N–H and O–H groups in total. The minimum atomic E-state index is -2.98. The predicted molar refractivity (Wildman–Crippen MR) is 53.1 cm³/mol. The second kappa shape index (κ2) is 4.48. The molecule has 1 fully saturated rings. The lowest BCUT2D eigenvalue weighted by Gasteiger charge is -2.17. The molecule has 0 radical (unpaired) electrons. The Labute approximate surface area is 85.0 Å². The lowest BCUT2D eigenvalue weighted by Crippen LogP contribution is -2.26. The van der Waals surface area contributed by atoms with Gasteiger partial charge in [-0.25, -0.2) is 0 Å². The highest BCUT2D eigenvalue weighted by Crippen LogP contribution is 2.49. The topological polar surface area (TPSA) is 76.0 Å². The number of rotatable bonds is 3. The van der Waals surface area contributed by atoms with E-state index in [-0.39, 0.29) is 11.7 Å². The average Bonchev–Trinajstić information content (AvgIpc) is 2.25. The van der Waals surface area contributed by atoms with Crippen LogP contribution in [-0.2, 0) is 13.7 Å². The number of hydrogen-bond acceptors (Lipinski definition) is 5. The zero-order chi connectivity index (χ0) is 10.8. The first-order valence-electron chi connectivity index (χ1n) is 4.58. The molecule has 5 nitrogen and oxygen atoms in total. The van der Waals surface area contributed by atoms with Crippen molar-refractivity contribution in [3.05, 3.63) is 0 Å². The van der Waals surface area contributed by atoms with Crippen molar-refractivity contribution in [2.75, 3.05) is 5.75 Å². The van der Waals surface area contributed by atoms with E-state index >= 15 is 0 Å². The number of ether oxygens (including phenoxy) is 1. The summed E-state index contributed by atoms with van der Waals surface area (Å²) in [5.74, 6) is -0.325. The molecular weight excluding hydrogens is 208 g/mol. The van der Waals surface area contributed by atoms with Crippen LogP contribution in [0.2, 0.25) is 0 Å². The van der Waals surface area contributed by atoms with Gasteiger partial charge in [-0.1, -0.05) is 6.92 Å². The van der Waals surface area contributed by atoms with Crippen molar-refractivity contribution in [2.45, 2.75) is 38.9 Å². The summed E-state index contributed by atoms with van der Waals surface area (Å²) in [5, 5.41) is 0. The Bertz CT molecular complexity index is 218. The molecule has 0 amide bonds. The minimum absolute atomic E-state index is 0.0103. The molecule has 0 spiro atoms. The van der Waals surface area contributed by atoms with Crippen LogP contribution in [0.15, 0.2) is 0 Å². The molecule has 0 aromatic carbocycles. The highest BCUT2D eigenvalue weighted by atomic mass is 32.3. The first-order valence-corrected chi connectivity index (χ1v) is 6.22. The summed E-state index contributed by atoms with van der Waals surface area (Å²) in [5.41, 5.74) is 0. The van der Waals surface area contributed by atoms with Gasteiger partial charge in [0, 0.05) is 6.42 Å². The van der Waals surface area contributed by atoms with Crippen LogP contribution in [0, 0.1) is 0 Å². The average molecular weight is 224 g/mol. The van der Waals surface area contributed by atoms with Gasteiger partial charge < -0.3 is 13.8 Å². The molecule has 1 aliphatic rings. The maximum atomic E-state index is 11.1. The van der Waals surface area contributed by atoms with Gasteiger partial charge in [-0.05, 0) is 13.3 Å². The van der Waals surface area contributed by atoms with Crippen molar-refractivity contribution in [1.29, 1.82) is 0 Å². The molecule has 1 saturated heterocycles. The summed E-state index contributed by atoms with van der Waals surface area (Å²) < 4.78 is 28.3. The Kier molecular flexibility index (Phi) is 3.77. The predicted octanol–water partition coefficient (Wildman–Crippen LogP) is 1.78. The monoisotopic (exact) mass is 224 g/mol. The van der Waals surface area contributed by atoms with Gasteiger partial charge in [0.25, 0.3) is 0 Å². The summed E-state index contributed by atoms with van der Waals surface area (Å²) in [6.45, 7) is 3.54. The highest BCUT2D eigenvalue weighted by Gasteiger charge is 2.40. The first-order chi connectivity index (χ1) is 6.44. The Hall–Kier alpha value is -0.300. The van der Waals surface area contributed by atoms with Crippen molar-refractivity contribution in [3.63, 3.8) is 0 Å². The Morgan fingerprint density at radius 1 is 1.64 bits per heavy atom. The van der Waals surface area contributed by atoms with Gasteiger partial charge >= 0.3 is 5.97 Å². The molecule has 84 valence electrons. The molecule has 0 aliphatic carbocycles. The standard InChI is InChI=1S/C8H16O5S/c1-3-4-8(9)12-7-5-14(10,11)13-6(7)2/h6-7,10-11H,3-5H2,1-2H3. The van der Waals surface area contributed by atoms with E-state index < -0.39 is 23.1 Å². The van der Waals surface area contributed by atoms with Crippen LogP contribution in [-0.4, -0.2) is 33.0 Å². The molecule has 0 bridgehead atoms. The molecule has 14 heavy (non-hydrogen) atoms. The van der Waals surface area contributed by atoms with E-state index in [1.54, 1.807) is 6.92 Å². The van der Waals surface area contributed by atoms with Gasteiger partial charge in [0.2, 0.25) is 0 Å². The maximum absolute atomic E-state index is 11.1. The molecule has 1 aliphatic heterocycles. The van der Waals surface area contributed by atoms with E-state index in [4.69, 9.17) is 8.92 Å². The second-order valence-corrected chi connectivity index (χ2v) is 5.09. The van der Waals surface area contributed by atoms with Gasteiger partial charge in [0.1, 0.15) is 12.2 Å². The van der Waals surface area contributed by atoms with Crippen LogP contribution in [0.3, 0.4) is 0 Å². The van der Waals surface area contributed by atoms with Crippen molar-refractivity contribution >= 4 is 16.8 Å².